The van der Waals surface area contributed by atoms with Crippen molar-refractivity contribution in [1.29, 1.82) is 0 Å². The lowest BCUT2D eigenvalue weighted by Gasteiger charge is -2.30. The van der Waals surface area contributed by atoms with Gasteiger partial charge in [-0.3, -0.25) is 13.8 Å². The Balaban J connectivity index is 0.000000613. The Hall–Kier alpha value is -3.23. The van der Waals surface area contributed by atoms with Crippen LogP contribution in [0.2, 0.25) is 0 Å². The molecule has 26 heavy (non-hydrogen) atoms. The Labute approximate surface area is 146 Å². The van der Waals surface area contributed by atoms with Crippen LogP contribution in [0.15, 0.2) is 53.9 Å². The number of hydrogen-bond acceptors (Lipinski definition) is 4. The van der Waals surface area contributed by atoms with Gasteiger partial charge in [0.15, 0.2) is 0 Å². The summed E-state index contributed by atoms with van der Waals surface area (Å²) in [6.07, 6.45) is 2.78. The largest absolute Gasteiger partial charge is 0.485 e. The molecular formula is C17H15F3N4O2. The van der Waals surface area contributed by atoms with Crippen molar-refractivity contribution in [1.82, 2.24) is 14.0 Å². The molecule has 2 aromatic heterocycles. The minimum absolute atomic E-state index is 0.355. The third kappa shape index (κ3) is 2.92. The van der Waals surface area contributed by atoms with Crippen LogP contribution in [0, 0.1) is 5.95 Å². The molecular weight excluding hydrogens is 349 g/mol. The Bertz CT molecular complexity index is 1030. The van der Waals surface area contributed by atoms with Crippen LogP contribution in [0.25, 0.3) is 11.3 Å². The van der Waals surface area contributed by atoms with E-state index < -0.39 is 18.4 Å². The number of aromatic nitrogens is 3. The fourth-order valence-corrected chi connectivity index (χ4v) is 2.68. The van der Waals surface area contributed by atoms with Gasteiger partial charge in [-0.15, -0.1) is 0 Å². The van der Waals surface area contributed by atoms with E-state index in [0.717, 1.165) is 17.5 Å². The number of rotatable bonds is 1. The van der Waals surface area contributed by atoms with E-state index in [1.165, 1.54) is 21.5 Å². The van der Waals surface area contributed by atoms with E-state index in [4.69, 9.17) is 4.74 Å². The van der Waals surface area contributed by atoms with Crippen LogP contribution >= 0.6 is 0 Å². The maximum atomic E-state index is 13.8. The summed E-state index contributed by atoms with van der Waals surface area (Å²) >= 11 is 0. The van der Waals surface area contributed by atoms with Crippen molar-refractivity contribution in [3.05, 3.63) is 65.4 Å². The molecule has 0 saturated heterocycles. The number of anilines is 1. The summed E-state index contributed by atoms with van der Waals surface area (Å²) in [6, 6.07) is 6.29. The van der Waals surface area contributed by atoms with Gasteiger partial charge >= 0.3 is 0 Å². The van der Waals surface area contributed by atoms with Crippen LogP contribution in [0.4, 0.5) is 18.9 Å². The van der Waals surface area contributed by atoms with Gasteiger partial charge < -0.3 is 9.64 Å². The van der Waals surface area contributed by atoms with Crippen LogP contribution in [-0.2, 0) is 0 Å². The van der Waals surface area contributed by atoms with Crippen molar-refractivity contribution in [2.75, 3.05) is 25.5 Å². The summed E-state index contributed by atoms with van der Waals surface area (Å²) in [4.78, 5) is 18.1. The molecule has 3 aromatic rings. The average Bonchev–Trinajstić information content (AvgIpc) is 3.09. The normalized spacial score (nSPS) is 13.1. The first-order valence-corrected chi connectivity index (χ1v) is 7.52. The van der Waals surface area contributed by atoms with Crippen molar-refractivity contribution < 1.29 is 17.9 Å². The van der Waals surface area contributed by atoms with E-state index >= 15 is 0 Å². The van der Waals surface area contributed by atoms with E-state index in [1.807, 2.05) is 18.0 Å². The molecule has 0 saturated carbocycles. The van der Waals surface area contributed by atoms with E-state index in [2.05, 4.69) is 11.6 Å². The Morgan fingerprint density at radius 3 is 2.77 bits per heavy atom. The van der Waals surface area contributed by atoms with Crippen molar-refractivity contribution in [3.63, 3.8) is 0 Å². The molecule has 4 rings (SSSR count). The first-order chi connectivity index (χ1) is 12.5. The molecule has 1 aromatic carbocycles. The highest BCUT2D eigenvalue weighted by atomic mass is 19.3. The number of hydrogen-bond donors (Lipinski definition) is 0. The van der Waals surface area contributed by atoms with Crippen molar-refractivity contribution in [3.8, 4) is 11.4 Å². The van der Waals surface area contributed by atoms with Crippen molar-refractivity contribution in [2.24, 2.45) is 0 Å². The van der Waals surface area contributed by atoms with Crippen LogP contribution in [0.3, 0.4) is 0 Å². The van der Waals surface area contributed by atoms with Crippen LogP contribution in [-0.4, -0.2) is 34.5 Å². The minimum Gasteiger partial charge on any atom is -0.485 e. The predicted octanol–water partition coefficient (Wildman–Crippen LogP) is 2.85. The number of likely N-dealkylation sites (N-methyl/N-ethyl adjacent to an activating group) is 1. The smallest absolute Gasteiger partial charge is 0.261 e. The highest BCUT2D eigenvalue weighted by Crippen LogP contribution is 2.35. The van der Waals surface area contributed by atoms with Gasteiger partial charge in [0.1, 0.15) is 24.3 Å². The fraction of sp³-hybridized carbons (Fsp3) is 0.176. The molecule has 0 N–H and O–H groups in total. The molecule has 3 heterocycles. The zero-order valence-corrected chi connectivity index (χ0v) is 13.8. The second-order valence-corrected chi connectivity index (χ2v) is 5.43. The van der Waals surface area contributed by atoms with Gasteiger partial charge in [0.05, 0.1) is 23.6 Å². The third-order valence-electron chi connectivity index (χ3n) is 3.97. The topological polar surface area (TPSA) is 51.8 Å². The summed E-state index contributed by atoms with van der Waals surface area (Å²) in [5, 5.41) is 0. The number of alkyl halides is 2. The minimum atomic E-state index is -1.75. The van der Waals surface area contributed by atoms with Gasteiger partial charge in [-0.2, -0.15) is 4.39 Å². The second-order valence-electron chi connectivity index (χ2n) is 5.43. The quantitative estimate of drug-likeness (QED) is 0.623. The monoisotopic (exact) mass is 364 g/mol. The fourth-order valence-electron chi connectivity index (χ4n) is 2.68. The van der Waals surface area contributed by atoms with Gasteiger partial charge in [-0.05, 0) is 18.2 Å². The molecule has 0 fully saturated rings. The summed E-state index contributed by atoms with van der Waals surface area (Å²) < 4.78 is 41.3. The molecule has 6 nitrogen and oxygen atoms in total. The summed E-state index contributed by atoms with van der Waals surface area (Å²) in [7, 11) is 1.88. The lowest BCUT2D eigenvalue weighted by Crippen LogP contribution is -2.27. The SMILES string of the molecule is C=C1COc2ccc(-n3c(=O)cc(F)n4cncc34)cc2N1C.FCF. The zero-order valence-electron chi connectivity index (χ0n) is 13.8. The van der Waals surface area contributed by atoms with Gasteiger partial charge in [0, 0.05) is 12.7 Å². The number of benzene rings is 1. The Morgan fingerprint density at radius 2 is 2.04 bits per heavy atom. The summed E-state index contributed by atoms with van der Waals surface area (Å²) in [5.41, 5.74) is 2.11. The second kappa shape index (κ2) is 6.95. The highest BCUT2D eigenvalue weighted by Gasteiger charge is 2.20. The standard InChI is InChI=1S/C16H13FN4O2.CH2F2/c1-10-8-23-13-4-3-11(5-12(13)19(10)2)21-15-7-18-9-20(15)14(17)6-16(21)22;2-1-3/h3-7,9H,1,8H2,2H3;1H2. The van der Waals surface area contributed by atoms with Gasteiger partial charge in [0.2, 0.25) is 12.9 Å². The number of halogens is 3. The molecule has 1 aliphatic rings. The number of ether oxygens (including phenoxy) is 1. The van der Waals surface area contributed by atoms with Gasteiger partial charge in [0.25, 0.3) is 5.56 Å². The number of nitrogens with zero attached hydrogens (tertiary/aromatic N) is 4. The molecule has 0 radical (unpaired) electrons. The molecule has 0 atom stereocenters. The van der Waals surface area contributed by atoms with Crippen LogP contribution in [0.5, 0.6) is 5.75 Å². The van der Waals surface area contributed by atoms with E-state index in [1.54, 1.807) is 12.1 Å². The molecule has 9 heteroatoms. The number of fused-ring (bicyclic) bond motifs is 2. The molecule has 0 amide bonds. The van der Waals surface area contributed by atoms with Crippen LogP contribution < -0.4 is 15.2 Å². The third-order valence-corrected chi connectivity index (χ3v) is 3.97. The molecule has 136 valence electrons. The zero-order chi connectivity index (χ0) is 18.8. The van der Waals surface area contributed by atoms with E-state index in [0.29, 0.717) is 23.7 Å². The van der Waals surface area contributed by atoms with Crippen LogP contribution in [0.1, 0.15) is 0 Å². The number of imidazole rings is 1. The molecule has 0 aliphatic carbocycles. The maximum absolute atomic E-state index is 13.8. The van der Waals surface area contributed by atoms with Gasteiger partial charge in [-0.25, -0.2) is 13.8 Å². The van der Waals surface area contributed by atoms with E-state index in [9.17, 15) is 18.0 Å². The summed E-state index contributed by atoms with van der Waals surface area (Å²) in [5.74, 6) is 0.0638. The molecule has 0 bridgehead atoms. The van der Waals surface area contributed by atoms with Crippen molar-refractivity contribution >= 4 is 11.3 Å². The highest BCUT2D eigenvalue weighted by molar-refractivity contribution is 5.68. The average molecular weight is 364 g/mol. The lowest BCUT2D eigenvalue weighted by molar-refractivity contribution is 0.295. The maximum Gasteiger partial charge on any atom is 0.261 e. The lowest BCUT2D eigenvalue weighted by atomic mass is 10.2. The van der Waals surface area contributed by atoms with Gasteiger partial charge in [-0.1, -0.05) is 6.58 Å². The predicted molar refractivity (Wildman–Crippen MR) is 90.9 cm³/mol. The molecule has 0 unspecified atom stereocenters. The first-order valence-electron chi connectivity index (χ1n) is 7.52. The van der Waals surface area contributed by atoms with Crippen molar-refractivity contribution in [2.45, 2.75) is 0 Å². The summed E-state index contributed by atoms with van der Waals surface area (Å²) in [6.45, 7) is 2.61. The van der Waals surface area contributed by atoms with E-state index in [-0.39, 0.29) is 0 Å². The Morgan fingerprint density at radius 1 is 1.31 bits per heavy atom. The Kier molecular flexibility index (Phi) is 4.70. The first kappa shape index (κ1) is 17.6. The molecule has 1 aliphatic heterocycles. The molecule has 0 spiro atoms.